The topological polar surface area (TPSA) is 21.3 Å². The molecule has 1 N–H and O–H groups in total. The average molecular weight is 259 g/mol. The van der Waals surface area contributed by atoms with Crippen molar-refractivity contribution in [2.75, 3.05) is 6.54 Å². The van der Waals surface area contributed by atoms with Crippen LogP contribution in [0, 0.1) is 0 Å². The van der Waals surface area contributed by atoms with Crippen LogP contribution in [0.15, 0.2) is 24.3 Å². The fraction of sp³-hybridized carbons (Fsp3) is 0.538. The summed E-state index contributed by atoms with van der Waals surface area (Å²) in [6.45, 7) is 2.33. The molecule has 0 bridgehead atoms. The highest BCUT2D eigenvalue weighted by molar-refractivity contribution is 5.35. The standard InChI is InChI=1S/C13H16F3NO/c1-9(8-17-10-6-7-10)18-12-5-3-2-4-11(12)13(14,15)16/h2-5,9-10,17H,6-8H2,1H3. The second-order valence-corrected chi connectivity index (χ2v) is 4.60. The van der Waals surface area contributed by atoms with Crippen molar-refractivity contribution in [2.45, 2.75) is 38.1 Å². The van der Waals surface area contributed by atoms with Crippen LogP contribution in [0.1, 0.15) is 25.3 Å². The number of nitrogens with one attached hydrogen (secondary N) is 1. The third-order valence-corrected chi connectivity index (χ3v) is 2.79. The molecule has 1 unspecified atom stereocenters. The van der Waals surface area contributed by atoms with Crippen molar-refractivity contribution in [2.24, 2.45) is 0 Å². The number of halogens is 3. The number of para-hydroxylation sites is 1. The van der Waals surface area contributed by atoms with E-state index in [9.17, 15) is 13.2 Å². The summed E-state index contributed by atoms with van der Waals surface area (Å²) >= 11 is 0. The van der Waals surface area contributed by atoms with Gasteiger partial charge in [0.2, 0.25) is 0 Å². The zero-order valence-electron chi connectivity index (χ0n) is 10.1. The Hall–Kier alpha value is -1.23. The van der Waals surface area contributed by atoms with Crippen LogP contribution in [0.3, 0.4) is 0 Å². The van der Waals surface area contributed by atoms with E-state index in [2.05, 4.69) is 5.32 Å². The summed E-state index contributed by atoms with van der Waals surface area (Å²) in [5.41, 5.74) is -0.719. The van der Waals surface area contributed by atoms with Gasteiger partial charge in [0.05, 0.1) is 5.56 Å². The molecule has 18 heavy (non-hydrogen) atoms. The van der Waals surface area contributed by atoms with E-state index in [-0.39, 0.29) is 11.9 Å². The lowest BCUT2D eigenvalue weighted by Gasteiger charge is -2.19. The Balaban J connectivity index is 1.98. The Morgan fingerprint density at radius 2 is 2.00 bits per heavy atom. The first-order valence-corrected chi connectivity index (χ1v) is 6.03. The quantitative estimate of drug-likeness (QED) is 0.876. The van der Waals surface area contributed by atoms with E-state index in [1.807, 2.05) is 0 Å². The molecule has 1 aliphatic carbocycles. The highest BCUT2D eigenvalue weighted by Crippen LogP contribution is 2.36. The van der Waals surface area contributed by atoms with Gasteiger partial charge in [-0.25, -0.2) is 0 Å². The highest BCUT2D eigenvalue weighted by Gasteiger charge is 2.34. The fourth-order valence-corrected chi connectivity index (χ4v) is 1.68. The van der Waals surface area contributed by atoms with Crippen LogP contribution in [-0.2, 0) is 6.18 Å². The first-order chi connectivity index (χ1) is 8.47. The lowest BCUT2D eigenvalue weighted by Crippen LogP contribution is -2.30. The van der Waals surface area contributed by atoms with Crippen LogP contribution in [0.5, 0.6) is 5.75 Å². The second kappa shape index (κ2) is 5.18. The molecule has 0 saturated heterocycles. The molecule has 0 spiro atoms. The van der Waals surface area contributed by atoms with E-state index >= 15 is 0 Å². The molecular weight excluding hydrogens is 243 g/mol. The molecule has 1 saturated carbocycles. The van der Waals surface area contributed by atoms with Crippen molar-refractivity contribution in [3.63, 3.8) is 0 Å². The maximum Gasteiger partial charge on any atom is 0.419 e. The molecular formula is C13H16F3NO. The van der Waals surface area contributed by atoms with E-state index in [1.165, 1.54) is 12.1 Å². The van der Waals surface area contributed by atoms with Gasteiger partial charge in [0.15, 0.2) is 0 Å². The van der Waals surface area contributed by atoms with Gasteiger partial charge >= 0.3 is 6.18 Å². The molecule has 0 aromatic heterocycles. The van der Waals surface area contributed by atoms with Crippen molar-refractivity contribution in [3.05, 3.63) is 29.8 Å². The summed E-state index contributed by atoms with van der Waals surface area (Å²) in [7, 11) is 0. The maximum absolute atomic E-state index is 12.7. The average Bonchev–Trinajstić information content (AvgIpc) is 3.09. The lowest BCUT2D eigenvalue weighted by molar-refractivity contribution is -0.139. The number of hydrogen-bond donors (Lipinski definition) is 1. The molecule has 0 aliphatic heterocycles. The molecule has 2 nitrogen and oxygen atoms in total. The largest absolute Gasteiger partial charge is 0.489 e. The summed E-state index contributed by atoms with van der Waals surface area (Å²) in [6, 6.07) is 5.83. The minimum Gasteiger partial charge on any atom is -0.489 e. The highest BCUT2D eigenvalue weighted by atomic mass is 19.4. The van der Waals surface area contributed by atoms with Gasteiger partial charge in [0.25, 0.3) is 0 Å². The monoisotopic (exact) mass is 259 g/mol. The van der Waals surface area contributed by atoms with E-state index in [4.69, 9.17) is 4.74 Å². The third kappa shape index (κ3) is 3.63. The molecule has 1 fully saturated rings. The van der Waals surface area contributed by atoms with Crippen molar-refractivity contribution in [3.8, 4) is 5.75 Å². The van der Waals surface area contributed by atoms with Gasteiger partial charge in [0.1, 0.15) is 11.9 Å². The molecule has 2 rings (SSSR count). The Morgan fingerprint density at radius 3 is 2.61 bits per heavy atom. The SMILES string of the molecule is CC(CNC1CC1)Oc1ccccc1C(F)(F)F. The van der Waals surface area contributed by atoms with Crippen LogP contribution < -0.4 is 10.1 Å². The second-order valence-electron chi connectivity index (χ2n) is 4.60. The van der Waals surface area contributed by atoms with Gasteiger partial charge in [-0.1, -0.05) is 12.1 Å². The van der Waals surface area contributed by atoms with Gasteiger partial charge in [-0.2, -0.15) is 13.2 Å². The van der Waals surface area contributed by atoms with Crippen LogP contribution in [0.4, 0.5) is 13.2 Å². The molecule has 1 aliphatic rings. The first kappa shape index (κ1) is 13.2. The molecule has 1 aromatic carbocycles. The number of benzene rings is 1. The zero-order valence-corrected chi connectivity index (χ0v) is 10.1. The molecule has 0 radical (unpaired) electrons. The van der Waals surface area contributed by atoms with E-state index < -0.39 is 11.7 Å². The summed E-state index contributed by atoms with van der Waals surface area (Å²) in [4.78, 5) is 0. The molecule has 0 amide bonds. The third-order valence-electron chi connectivity index (χ3n) is 2.79. The van der Waals surface area contributed by atoms with Gasteiger partial charge in [0, 0.05) is 12.6 Å². The summed E-state index contributed by atoms with van der Waals surface area (Å²) in [5, 5.41) is 3.23. The summed E-state index contributed by atoms with van der Waals surface area (Å²) in [5.74, 6) is -0.102. The summed E-state index contributed by atoms with van der Waals surface area (Å²) in [6.07, 6.45) is -2.37. The van der Waals surface area contributed by atoms with Crippen molar-refractivity contribution < 1.29 is 17.9 Å². The predicted octanol–water partition coefficient (Wildman–Crippen LogP) is 3.22. The van der Waals surface area contributed by atoms with Gasteiger partial charge in [-0.15, -0.1) is 0 Å². The Bertz CT molecular complexity index is 401. The number of alkyl halides is 3. The smallest absolute Gasteiger partial charge is 0.419 e. The lowest BCUT2D eigenvalue weighted by atomic mass is 10.2. The van der Waals surface area contributed by atoms with Crippen LogP contribution in [0.2, 0.25) is 0 Å². The Kier molecular flexibility index (Phi) is 3.80. The molecule has 0 heterocycles. The minimum atomic E-state index is -4.37. The first-order valence-electron chi connectivity index (χ1n) is 6.03. The van der Waals surface area contributed by atoms with E-state index in [1.54, 1.807) is 13.0 Å². The minimum absolute atomic E-state index is 0.102. The predicted molar refractivity (Wildman–Crippen MR) is 62.6 cm³/mol. The molecule has 1 aromatic rings. The van der Waals surface area contributed by atoms with Crippen LogP contribution >= 0.6 is 0 Å². The Morgan fingerprint density at radius 1 is 1.33 bits per heavy atom. The normalized spacial score (nSPS) is 17.6. The number of hydrogen-bond acceptors (Lipinski definition) is 2. The van der Waals surface area contributed by atoms with Crippen molar-refractivity contribution in [1.82, 2.24) is 5.32 Å². The summed E-state index contributed by atoms with van der Waals surface area (Å²) < 4.78 is 43.5. The molecule has 5 heteroatoms. The van der Waals surface area contributed by atoms with Gasteiger partial charge < -0.3 is 10.1 Å². The molecule has 100 valence electrons. The van der Waals surface area contributed by atoms with Gasteiger partial charge in [-0.3, -0.25) is 0 Å². The number of rotatable bonds is 5. The van der Waals surface area contributed by atoms with Crippen LogP contribution in [-0.4, -0.2) is 18.7 Å². The van der Waals surface area contributed by atoms with E-state index in [0.29, 0.717) is 12.6 Å². The zero-order chi connectivity index (χ0) is 13.2. The van der Waals surface area contributed by atoms with Crippen molar-refractivity contribution in [1.29, 1.82) is 0 Å². The maximum atomic E-state index is 12.7. The van der Waals surface area contributed by atoms with E-state index in [0.717, 1.165) is 18.9 Å². The fourth-order valence-electron chi connectivity index (χ4n) is 1.68. The Labute approximate surface area is 104 Å². The number of ether oxygens (including phenoxy) is 1. The van der Waals surface area contributed by atoms with Gasteiger partial charge in [-0.05, 0) is 31.9 Å². The van der Waals surface area contributed by atoms with Crippen LogP contribution in [0.25, 0.3) is 0 Å². The van der Waals surface area contributed by atoms with Crippen molar-refractivity contribution >= 4 is 0 Å². The molecule has 1 atom stereocenters.